The molecule has 0 amide bonds. The number of nitrogens with one attached hydrogen (secondary N) is 1. The van der Waals surface area contributed by atoms with Crippen LogP contribution in [0.5, 0.6) is 0 Å². The van der Waals surface area contributed by atoms with Crippen LogP contribution in [0.3, 0.4) is 0 Å². The lowest BCUT2D eigenvalue weighted by atomic mass is 10.1. The Morgan fingerprint density at radius 2 is 1.94 bits per heavy atom. The Morgan fingerprint density at radius 1 is 1.29 bits per heavy atom. The van der Waals surface area contributed by atoms with Crippen molar-refractivity contribution < 1.29 is 5.11 Å². The summed E-state index contributed by atoms with van der Waals surface area (Å²) >= 11 is 11.9. The number of aliphatic hydroxyl groups excluding tert-OH is 1. The minimum Gasteiger partial charge on any atom is -0.391 e. The molecule has 1 unspecified atom stereocenters. The molecule has 0 bridgehead atoms. The van der Waals surface area contributed by atoms with Gasteiger partial charge in [-0.1, -0.05) is 29.3 Å². The molecule has 2 nitrogen and oxygen atoms in total. The predicted octanol–water partition coefficient (Wildman–Crippen LogP) is 3.28. The molecule has 0 heterocycles. The number of hydrogen-bond donors (Lipinski definition) is 2. The minimum absolute atomic E-state index is 0.00473. The highest BCUT2D eigenvalue weighted by atomic mass is 35.5. The molecule has 0 fully saturated rings. The SMILES string of the molecule is CC(C)(C)NCC(O)Cc1ccc(Cl)cc1Cl. The second kappa shape index (κ2) is 6.05. The first-order chi connectivity index (χ1) is 7.78. The number of β-amino-alcohol motifs (C(OH)–C–C–N with tert-alkyl or cyclic N) is 1. The Bertz CT molecular complexity index is 374. The molecule has 0 aliphatic heterocycles. The Kier molecular flexibility index (Phi) is 5.26. The second-order valence-electron chi connectivity index (χ2n) is 5.22. The fourth-order valence-corrected chi connectivity index (χ4v) is 1.92. The summed E-state index contributed by atoms with van der Waals surface area (Å²) < 4.78 is 0. The monoisotopic (exact) mass is 275 g/mol. The quantitative estimate of drug-likeness (QED) is 0.884. The summed E-state index contributed by atoms with van der Waals surface area (Å²) in [5, 5.41) is 14.4. The highest BCUT2D eigenvalue weighted by Crippen LogP contribution is 2.22. The van der Waals surface area contributed by atoms with E-state index in [4.69, 9.17) is 23.2 Å². The largest absolute Gasteiger partial charge is 0.391 e. The number of rotatable bonds is 4. The van der Waals surface area contributed by atoms with E-state index in [1.54, 1.807) is 12.1 Å². The molecule has 17 heavy (non-hydrogen) atoms. The average Bonchev–Trinajstić information content (AvgIpc) is 2.18. The van der Waals surface area contributed by atoms with Gasteiger partial charge in [-0.25, -0.2) is 0 Å². The van der Waals surface area contributed by atoms with Crippen molar-refractivity contribution in [3.63, 3.8) is 0 Å². The standard InChI is InChI=1S/C13H19Cl2NO/c1-13(2,3)16-8-11(17)6-9-4-5-10(14)7-12(9)15/h4-5,7,11,16-17H,6,8H2,1-3H3. The summed E-state index contributed by atoms with van der Waals surface area (Å²) in [5.41, 5.74) is 0.921. The summed E-state index contributed by atoms with van der Waals surface area (Å²) in [6.45, 7) is 6.74. The zero-order valence-corrected chi connectivity index (χ0v) is 11.9. The number of benzene rings is 1. The van der Waals surface area contributed by atoms with Crippen LogP contribution in [-0.2, 0) is 6.42 Å². The Labute approximate surface area is 113 Å². The first kappa shape index (κ1) is 14.8. The van der Waals surface area contributed by atoms with E-state index in [9.17, 15) is 5.11 Å². The number of hydrogen-bond acceptors (Lipinski definition) is 2. The van der Waals surface area contributed by atoms with Crippen LogP contribution < -0.4 is 5.32 Å². The van der Waals surface area contributed by atoms with Crippen molar-refractivity contribution in [2.24, 2.45) is 0 Å². The first-order valence-electron chi connectivity index (χ1n) is 5.65. The van der Waals surface area contributed by atoms with Crippen LogP contribution in [-0.4, -0.2) is 23.3 Å². The van der Waals surface area contributed by atoms with E-state index < -0.39 is 6.10 Å². The van der Waals surface area contributed by atoms with E-state index in [-0.39, 0.29) is 5.54 Å². The normalized spacial score (nSPS) is 13.8. The summed E-state index contributed by atoms with van der Waals surface area (Å²) in [6.07, 6.45) is 0.0758. The van der Waals surface area contributed by atoms with E-state index in [0.717, 1.165) is 5.56 Å². The van der Waals surface area contributed by atoms with Crippen molar-refractivity contribution in [2.45, 2.75) is 38.8 Å². The van der Waals surface area contributed by atoms with Crippen molar-refractivity contribution in [2.75, 3.05) is 6.54 Å². The van der Waals surface area contributed by atoms with E-state index in [1.165, 1.54) is 0 Å². The fourth-order valence-electron chi connectivity index (χ4n) is 1.44. The topological polar surface area (TPSA) is 32.3 Å². The zero-order chi connectivity index (χ0) is 13.1. The molecule has 1 aromatic carbocycles. The molecule has 0 saturated heterocycles. The lowest BCUT2D eigenvalue weighted by Crippen LogP contribution is -2.41. The van der Waals surface area contributed by atoms with Gasteiger partial charge in [0.15, 0.2) is 0 Å². The van der Waals surface area contributed by atoms with Gasteiger partial charge in [0, 0.05) is 28.5 Å². The van der Waals surface area contributed by atoms with Crippen molar-refractivity contribution in [1.29, 1.82) is 0 Å². The molecule has 0 saturated carbocycles. The molecular formula is C13H19Cl2NO. The molecule has 1 atom stereocenters. The predicted molar refractivity (Wildman–Crippen MR) is 73.9 cm³/mol. The van der Waals surface area contributed by atoms with Crippen LogP contribution in [0, 0.1) is 0 Å². The third-order valence-electron chi connectivity index (χ3n) is 2.34. The maximum atomic E-state index is 9.91. The van der Waals surface area contributed by atoms with Gasteiger partial charge >= 0.3 is 0 Å². The summed E-state index contributed by atoms with van der Waals surface area (Å²) in [6, 6.07) is 5.33. The van der Waals surface area contributed by atoms with Gasteiger partial charge < -0.3 is 10.4 Å². The lowest BCUT2D eigenvalue weighted by Gasteiger charge is -2.23. The minimum atomic E-state index is -0.451. The second-order valence-corrected chi connectivity index (χ2v) is 6.07. The molecule has 4 heteroatoms. The lowest BCUT2D eigenvalue weighted by molar-refractivity contribution is 0.161. The Balaban J connectivity index is 2.53. The molecule has 0 aliphatic rings. The Hall–Kier alpha value is -0.280. The van der Waals surface area contributed by atoms with Gasteiger partial charge in [-0.05, 0) is 38.5 Å². The summed E-state index contributed by atoms with van der Waals surface area (Å²) in [7, 11) is 0. The van der Waals surface area contributed by atoms with Gasteiger partial charge in [-0.15, -0.1) is 0 Å². The van der Waals surface area contributed by atoms with Crippen molar-refractivity contribution in [3.05, 3.63) is 33.8 Å². The van der Waals surface area contributed by atoms with Crippen LogP contribution >= 0.6 is 23.2 Å². The highest BCUT2D eigenvalue weighted by molar-refractivity contribution is 6.35. The van der Waals surface area contributed by atoms with E-state index in [1.807, 2.05) is 6.07 Å². The van der Waals surface area contributed by atoms with Crippen LogP contribution in [0.25, 0.3) is 0 Å². The van der Waals surface area contributed by atoms with Crippen LogP contribution in [0.2, 0.25) is 10.0 Å². The van der Waals surface area contributed by atoms with Crippen molar-refractivity contribution in [1.82, 2.24) is 5.32 Å². The highest BCUT2D eigenvalue weighted by Gasteiger charge is 2.13. The number of halogens is 2. The van der Waals surface area contributed by atoms with Gasteiger partial charge in [0.1, 0.15) is 0 Å². The molecule has 1 aromatic rings. The van der Waals surface area contributed by atoms with Crippen molar-refractivity contribution in [3.8, 4) is 0 Å². The molecule has 0 aromatic heterocycles. The van der Waals surface area contributed by atoms with Crippen LogP contribution in [0.4, 0.5) is 0 Å². The van der Waals surface area contributed by atoms with Gasteiger partial charge in [0.25, 0.3) is 0 Å². The third kappa shape index (κ3) is 5.73. The average molecular weight is 276 g/mol. The van der Waals surface area contributed by atoms with E-state index >= 15 is 0 Å². The summed E-state index contributed by atoms with van der Waals surface area (Å²) in [4.78, 5) is 0. The number of aliphatic hydroxyl groups is 1. The Morgan fingerprint density at radius 3 is 2.47 bits per heavy atom. The molecule has 96 valence electrons. The smallest absolute Gasteiger partial charge is 0.0705 e. The van der Waals surface area contributed by atoms with E-state index in [0.29, 0.717) is 23.0 Å². The van der Waals surface area contributed by atoms with Gasteiger partial charge in [-0.3, -0.25) is 0 Å². The molecule has 0 aliphatic carbocycles. The molecular weight excluding hydrogens is 257 g/mol. The van der Waals surface area contributed by atoms with E-state index in [2.05, 4.69) is 26.1 Å². The summed E-state index contributed by atoms with van der Waals surface area (Å²) in [5.74, 6) is 0. The van der Waals surface area contributed by atoms with Gasteiger partial charge in [0.05, 0.1) is 6.10 Å². The molecule has 0 spiro atoms. The van der Waals surface area contributed by atoms with Crippen LogP contribution in [0.1, 0.15) is 26.3 Å². The van der Waals surface area contributed by atoms with Gasteiger partial charge in [0.2, 0.25) is 0 Å². The molecule has 1 rings (SSSR count). The maximum absolute atomic E-state index is 9.91. The maximum Gasteiger partial charge on any atom is 0.0705 e. The third-order valence-corrected chi connectivity index (χ3v) is 2.93. The first-order valence-corrected chi connectivity index (χ1v) is 6.40. The van der Waals surface area contributed by atoms with Crippen LogP contribution in [0.15, 0.2) is 18.2 Å². The zero-order valence-electron chi connectivity index (χ0n) is 10.4. The van der Waals surface area contributed by atoms with Gasteiger partial charge in [-0.2, -0.15) is 0 Å². The fraction of sp³-hybridized carbons (Fsp3) is 0.538. The molecule has 2 N–H and O–H groups in total. The molecule has 0 radical (unpaired) electrons. The van der Waals surface area contributed by atoms with Crippen molar-refractivity contribution >= 4 is 23.2 Å².